The number of carboxylic acids is 1. The molecule has 11 atom stereocenters. The van der Waals surface area contributed by atoms with E-state index in [1.807, 2.05) is 25.1 Å². The Kier molecular flexibility index (Phi) is 35.0. The summed E-state index contributed by atoms with van der Waals surface area (Å²) in [4.78, 5) is 220. The van der Waals surface area contributed by atoms with Gasteiger partial charge < -0.3 is 106 Å². The summed E-state index contributed by atoms with van der Waals surface area (Å²) in [6.07, 6.45) is 5.53. The van der Waals surface area contributed by atoms with Crippen LogP contribution in [0.1, 0.15) is 154 Å². The summed E-state index contributed by atoms with van der Waals surface area (Å²) in [6, 6.07) is -1.66. The fourth-order valence-corrected chi connectivity index (χ4v) is 13.2. The van der Waals surface area contributed by atoms with E-state index in [2.05, 4.69) is 68.1 Å². The molecular weight excluding hydrogens is 1430 g/mol. The number of likely N-dealkylation sites (tertiary alicyclic amines) is 2. The van der Waals surface area contributed by atoms with Crippen LogP contribution in [-0.2, 0) is 91.2 Å². The van der Waals surface area contributed by atoms with E-state index in [0.29, 0.717) is 55.3 Å². The number of aliphatic carboxylic acids is 1. The number of carboxylic acid groups (broad SMARTS) is 1. The number of imidazole rings is 1. The van der Waals surface area contributed by atoms with E-state index in [9.17, 15) is 82.1 Å². The quantitative estimate of drug-likeness (QED) is 0.0214. The predicted octanol–water partition coefficient (Wildman–Crippen LogP) is -1.93. The first kappa shape index (κ1) is 87.9. The van der Waals surface area contributed by atoms with Crippen molar-refractivity contribution >= 4 is 99.6 Å². The third-order valence-electron chi connectivity index (χ3n) is 19.0. The molecule has 2 fully saturated rings. The Labute approximate surface area is 637 Å². The fourth-order valence-electron chi connectivity index (χ4n) is 13.2. The molecule has 4 aromatic rings. The highest BCUT2D eigenvalue weighted by Crippen LogP contribution is 2.25. The third kappa shape index (κ3) is 27.6. The van der Waals surface area contributed by atoms with Gasteiger partial charge in [0.2, 0.25) is 82.7 Å². The lowest BCUT2D eigenvalue weighted by Gasteiger charge is -2.31. The number of nitrogens with one attached hydrogen (secondary N) is 12. The van der Waals surface area contributed by atoms with Gasteiger partial charge in [-0.25, -0.2) is 9.78 Å². The van der Waals surface area contributed by atoms with Gasteiger partial charge in [-0.15, -0.1) is 0 Å². The van der Waals surface area contributed by atoms with E-state index in [1.165, 1.54) is 46.6 Å². The normalized spacial score (nSPS) is 16.5. The van der Waals surface area contributed by atoms with Gasteiger partial charge in [-0.05, 0) is 125 Å². The minimum atomic E-state index is -1.56. The molecule has 0 radical (unpaired) electrons. The van der Waals surface area contributed by atoms with Crippen LogP contribution in [0.25, 0.3) is 10.9 Å². The lowest BCUT2D eigenvalue weighted by molar-refractivity contribution is -0.144. The standard InChI is InChI=1S/C74H109N19O17/c1-6-7-15-49(64(99)91-57(74(109)110)33-43-20-22-46(94)23-21-43)86-71(106)59-19-13-30-93(59)73(108)52(25-27-61(78)96)83-63(98)39-81-70(105)58-18-12-29-92(58)72(107)51(17-10-11-28-75)87-67(102)54(32-42(4)5)88-65(100)50(24-26-60(77)95)85-66(101)53(31-41(2)3)89-68(103)55(34-44-37-80-48-16-9-8-14-47(44)48)90-69(104)56(84-62(97)36-76)35-45-38-79-40-82-45/h8-9,14,16,20-23,37-38,40-42,49-59,80,94H,6-7,10-13,15,17-19,24-36,39,75-76H2,1-5H3,(H2,77,95)(H2,78,96)(H,79,82)(H,81,105)(H,83,98)(H,84,97)(H,85,101)(H,86,106)(H,87,102)(H,88,100)(H,89,103)(H,90,104)(H,91,99)(H,109,110)/t49-,50-,51-,52-,53-,54-,55-,56-,57-,58-,59-/m0/s1. The zero-order valence-corrected chi connectivity index (χ0v) is 63.0. The number of carbonyl (C=O) groups is 15. The summed E-state index contributed by atoms with van der Waals surface area (Å²) in [7, 11) is 0. The number of aromatic nitrogens is 3. The number of benzene rings is 2. The maximum absolute atomic E-state index is 14.8. The van der Waals surface area contributed by atoms with E-state index in [-0.39, 0.29) is 114 Å². The van der Waals surface area contributed by atoms with Crippen LogP contribution in [0, 0.1) is 11.8 Å². The van der Waals surface area contributed by atoms with Crippen LogP contribution >= 0.6 is 0 Å². The molecule has 2 saturated heterocycles. The number of rotatable bonds is 46. The summed E-state index contributed by atoms with van der Waals surface area (Å²) in [5.74, 6) is -13.1. The molecule has 36 heteroatoms. The van der Waals surface area contributed by atoms with Gasteiger partial charge in [-0.1, -0.05) is 77.8 Å². The first-order valence-electron chi connectivity index (χ1n) is 37.5. The number of H-pyrrole nitrogens is 2. The number of aromatic amines is 2. The molecule has 2 aliphatic rings. The van der Waals surface area contributed by atoms with E-state index in [1.54, 1.807) is 40.0 Å². The predicted molar refractivity (Wildman–Crippen MR) is 401 cm³/mol. The van der Waals surface area contributed by atoms with Crippen molar-refractivity contribution in [3.05, 3.63) is 84.1 Å². The Morgan fingerprint density at radius 2 is 1.03 bits per heavy atom. The summed E-state index contributed by atoms with van der Waals surface area (Å²) in [5, 5.41) is 46.9. The second-order valence-electron chi connectivity index (χ2n) is 28.7. The average molecular weight is 1540 g/mol. The van der Waals surface area contributed by atoms with Crippen molar-refractivity contribution < 1.29 is 82.1 Å². The van der Waals surface area contributed by atoms with E-state index in [4.69, 9.17) is 22.9 Å². The van der Waals surface area contributed by atoms with Crippen molar-refractivity contribution in [3.63, 3.8) is 0 Å². The first-order chi connectivity index (χ1) is 52.4. The van der Waals surface area contributed by atoms with Gasteiger partial charge in [0.15, 0.2) is 0 Å². The van der Waals surface area contributed by atoms with Crippen molar-refractivity contribution in [1.82, 2.24) is 77.9 Å². The van der Waals surface area contributed by atoms with Crippen molar-refractivity contribution in [1.29, 1.82) is 0 Å². The zero-order valence-electron chi connectivity index (χ0n) is 63.0. The monoisotopic (exact) mass is 1540 g/mol. The van der Waals surface area contributed by atoms with E-state index >= 15 is 0 Å². The number of hydrogen-bond acceptors (Lipinski definition) is 19. The Morgan fingerprint density at radius 3 is 1.57 bits per heavy atom. The van der Waals surface area contributed by atoms with Crippen LogP contribution in [0.2, 0.25) is 0 Å². The Morgan fingerprint density at radius 1 is 0.536 bits per heavy atom. The molecule has 6 rings (SSSR count). The van der Waals surface area contributed by atoms with Crippen molar-refractivity contribution in [3.8, 4) is 5.75 Å². The van der Waals surface area contributed by atoms with Gasteiger partial charge in [0, 0.05) is 74.2 Å². The number of phenols is 1. The summed E-state index contributed by atoms with van der Waals surface area (Å²) in [5.41, 5.74) is 24.9. The summed E-state index contributed by atoms with van der Waals surface area (Å²) < 4.78 is 0. The number of phenolic OH excluding ortho intramolecular Hbond substituents is 1. The van der Waals surface area contributed by atoms with Crippen molar-refractivity contribution in [2.24, 2.45) is 34.8 Å². The first-order valence-corrected chi connectivity index (χ1v) is 37.5. The second-order valence-corrected chi connectivity index (χ2v) is 28.7. The molecule has 110 heavy (non-hydrogen) atoms. The lowest BCUT2D eigenvalue weighted by atomic mass is 9.99. The maximum atomic E-state index is 14.8. The number of aromatic hydroxyl groups is 1. The molecule has 0 bridgehead atoms. The smallest absolute Gasteiger partial charge is 0.326 e. The van der Waals surface area contributed by atoms with Crippen LogP contribution in [0.15, 0.2) is 67.3 Å². The number of nitrogens with two attached hydrogens (primary N) is 4. The summed E-state index contributed by atoms with van der Waals surface area (Å²) in [6.45, 7) is 8.06. The molecule has 0 unspecified atom stereocenters. The molecule has 2 aliphatic heterocycles. The Balaban J connectivity index is 1.13. The van der Waals surface area contributed by atoms with Crippen LogP contribution < -0.4 is 76.1 Å². The number of fused-ring (bicyclic) bond motifs is 1. The number of unbranched alkanes of at least 4 members (excludes halogenated alkanes) is 2. The minimum absolute atomic E-state index is 0.00916. The summed E-state index contributed by atoms with van der Waals surface area (Å²) >= 11 is 0. The molecule has 4 heterocycles. The zero-order chi connectivity index (χ0) is 80.7. The van der Waals surface area contributed by atoms with E-state index < -0.39 is 175 Å². The lowest BCUT2D eigenvalue weighted by Crippen LogP contribution is -2.60. The van der Waals surface area contributed by atoms with Gasteiger partial charge in [-0.3, -0.25) is 67.1 Å². The number of carbonyl (C=O) groups excluding carboxylic acids is 14. The third-order valence-corrected chi connectivity index (χ3v) is 19.0. The fraction of sp³-hybridized carbons (Fsp3) is 0.568. The van der Waals surface area contributed by atoms with Gasteiger partial charge in [0.25, 0.3) is 0 Å². The second kappa shape index (κ2) is 43.8. The number of nitrogens with zero attached hydrogens (tertiary/aromatic N) is 3. The highest BCUT2D eigenvalue weighted by molar-refractivity contribution is 6.00. The molecule has 22 N–H and O–H groups in total. The topological polar surface area (TPSA) is 572 Å². The molecular formula is C74H109N19O17. The van der Waals surface area contributed by atoms with Gasteiger partial charge in [-0.2, -0.15) is 0 Å². The molecule has 0 spiro atoms. The number of hydrogen-bond donors (Lipinski definition) is 18. The number of primary amides is 2. The molecule has 14 amide bonds. The van der Waals surface area contributed by atoms with Crippen molar-refractivity contribution in [2.75, 3.05) is 32.7 Å². The van der Waals surface area contributed by atoms with E-state index in [0.717, 1.165) is 10.9 Å². The molecule has 2 aromatic carbocycles. The highest BCUT2D eigenvalue weighted by atomic mass is 16.4. The van der Waals surface area contributed by atoms with Crippen LogP contribution in [0.4, 0.5) is 0 Å². The maximum Gasteiger partial charge on any atom is 0.326 e. The molecule has 0 aliphatic carbocycles. The van der Waals surface area contributed by atoms with Gasteiger partial charge in [0.05, 0.1) is 19.4 Å². The van der Waals surface area contributed by atoms with Crippen LogP contribution in [-0.4, -0.2) is 223 Å². The largest absolute Gasteiger partial charge is 0.508 e. The molecule has 2 aromatic heterocycles. The van der Waals surface area contributed by atoms with Crippen LogP contribution in [0.3, 0.4) is 0 Å². The molecule has 602 valence electrons. The number of amides is 14. The minimum Gasteiger partial charge on any atom is -0.508 e. The highest BCUT2D eigenvalue weighted by Gasteiger charge is 2.42. The van der Waals surface area contributed by atoms with Gasteiger partial charge >= 0.3 is 5.97 Å². The van der Waals surface area contributed by atoms with Gasteiger partial charge in [0.1, 0.15) is 72.2 Å². The van der Waals surface area contributed by atoms with Crippen LogP contribution in [0.5, 0.6) is 5.75 Å². The van der Waals surface area contributed by atoms with Crippen molar-refractivity contribution in [2.45, 2.75) is 223 Å². The number of para-hydroxylation sites is 1. The Hall–Kier alpha value is -11.0. The average Bonchev–Trinajstić information content (AvgIpc) is 1.65. The Bertz CT molecular complexity index is 3830. The molecule has 0 saturated carbocycles. The SMILES string of the molecule is CCCC[C@H](NC(=O)[C@@H]1CCCN1C(=O)[C@H](CCC(N)=O)NC(=O)CNC(=O)[C@@H]1CCCN1C(=O)[C@H](CCCCN)NC(=O)[C@H](CC(C)C)NC(=O)[C@H](CCC(N)=O)NC(=O)[C@H](CC(C)C)NC(=O)[C@H](Cc1c[nH]c2ccccc12)NC(=O)[C@H](Cc1cnc[nH]1)NC(=O)CN)C(=O)N[C@@H](Cc1ccc(O)cc1)C(=O)O. The molecule has 36 nitrogen and oxygen atoms in total.